The fourth-order valence-electron chi connectivity index (χ4n) is 4.68. The van der Waals surface area contributed by atoms with E-state index in [-0.39, 0.29) is 46.0 Å². The highest BCUT2D eigenvalue weighted by molar-refractivity contribution is 7.89. The molecule has 5 rings (SSSR count). The Balaban J connectivity index is 1.33. The molecule has 35 heavy (non-hydrogen) atoms. The lowest BCUT2D eigenvalue weighted by molar-refractivity contribution is -0.286. The van der Waals surface area contributed by atoms with Crippen LogP contribution in [0.25, 0.3) is 0 Å². The summed E-state index contributed by atoms with van der Waals surface area (Å²) in [5, 5.41) is 18.5. The third-order valence-corrected chi connectivity index (χ3v) is 8.09. The molecule has 0 aromatic heterocycles. The van der Waals surface area contributed by atoms with Crippen LogP contribution in [-0.4, -0.2) is 44.0 Å². The molecule has 14 heteroatoms. The number of fused-ring (bicyclic) bond motifs is 3. The first-order valence-corrected chi connectivity index (χ1v) is 12.6. The number of halogens is 3. The fourth-order valence-corrected chi connectivity index (χ4v) is 6.57. The SMILES string of the molecule is O=C(Nc1ccc(Cl)c(S(=O)(=O)NC2C[C@H]3CC[C@@H](C2)N3)c1O)Nc1cccc2c1OC(F)(F)O2. The van der Waals surface area contributed by atoms with E-state index in [0.29, 0.717) is 12.8 Å². The number of sulfonamides is 1. The molecule has 0 aliphatic carbocycles. The Bertz CT molecular complexity index is 1280. The molecule has 2 fully saturated rings. The summed E-state index contributed by atoms with van der Waals surface area (Å²) in [6.45, 7) is 0. The van der Waals surface area contributed by atoms with Gasteiger partial charge in [0.2, 0.25) is 10.0 Å². The number of rotatable bonds is 5. The molecular formula is C21H21ClF2N4O6S. The predicted octanol–water partition coefficient (Wildman–Crippen LogP) is 3.57. The molecule has 1 unspecified atom stereocenters. The van der Waals surface area contributed by atoms with Crippen molar-refractivity contribution in [2.75, 3.05) is 10.6 Å². The number of para-hydroxylation sites is 1. The van der Waals surface area contributed by atoms with Crippen LogP contribution >= 0.6 is 11.6 Å². The highest BCUT2D eigenvalue weighted by atomic mass is 35.5. The van der Waals surface area contributed by atoms with E-state index < -0.39 is 33.0 Å². The second-order valence-corrected chi connectivity index (χ2v) is 10.6. The van der Waals surface area contributed by atoms with Gasteiger partial charge in [0.25, 0.3) is 0 Å². The minimum atomic E-state index is -4.23. The molecule has 3 heterocycles. The maximum absolute atomic E-state index is 13.4. The van der Waals surface area contributed by atoms with Crippen molar-refractivity contribution in [3.63, 3.8) is 0 Å². The number of aromatic hydroxyl groups is 1. The van der Waals surface area contributed by atoms with Crippen LogP contribution in [0.1, 0.15) is 25.7 Å². The Morgan fingerprint density at radius 3 is 2.49 bits per heavy atom. The standard InChI is InChI=1S/C21H21ClF2N4O6S/c22-13-6-7-14(26-20(30)27-15-2-1-3-16-18(15)34-21(23,24)33-16)17(29)19(13)35(31,32)28-12-8-10-4-5-11(9-12)25-10/h1-3,6-7,10-12,25,28-29H,4-5,8-9H2,(H2,26,27,30)/t10-,11+,12?. The first kappa shape index (κ1) is 23.9. The smallest absolute Gasteiger partial charge is 0.504 e. The molecule has 3 aliphatic heterocycles. The summed E-state index contributed by atoms with van der Waals surface area (Å²) in [6, 6.07) is 5.52. The number of urea groups is 1. The molecule has 0 radical (unpaired) electrons. The number of piperidine rings is 1. The summed E-state index contributed by atoms with van der Waals surface area (Å²) < 4.78 is 64.3. The van der Waals surface area contributed by atoms with E-state index in [2.05, 4.69) is 30.1 Å². The summed E-state index contributed by atoms with van der Waals surface area (Å²) in [6.07, 6.45) is -0.706. The van der Waals surface area contributed by atoms with Crippen molar-refractivity contribution >= 4 is 39.0 Å². The topological polar surface area (TPSA) is 138 Å². The Morgan fingerprint density at radius 1 is 1.09 bits per heavy atom. The quantitative estimate of drug-likeness (QED) is 0.372. The Kier molecular flexibility index (Phi) is 5.90. The van der Waals surface area contributed by atoms with E-state index in [9.17, 15) is 27.1 Å². The van der Waals surface area contributed by atoms with Crippen molar-refractivity contribution in [3.05, 3.63) is 35.4 Å². The number of benzene rings is 2. The first-order valence-electron chi connectivity index (χ1n) is 10.8. The van der Waals surface area contributed by atoms with Crippen LogP contribution in [0.15, 0.2) is 35.2 Å². The third-order valence-electron chi connectivity index (χ3n) is 6.07. The number of nitrogens with one attached hydrogen (secondary N) is 4. The van der Waals surface area contributed by atoms with Gasteiger partial charge >= 0.3 is 12.3 Å². The van der Waals surface area contributed by atoms with Crippen LogP contribution in [0.2, 0.25) is 5.02 Å². The van der Waals surface area contributed by atoms with E-state index in [1.165, 1.54) is 30.3 Å². The van der Waals surface area contributed by atoms with Gasteiger partial charge in [0, 0.05) is 18.1 Å². The Hall–Kier alpha value is -2.87. The normalized spacial score (nSPS) is 24.3. The van der Waals surface area contributed by atoms with Gasteiger partial charge in [-0.3, -0.25) is 0 Å². The Morgan fingerprint density at radius 2 is 1.77 bits per heavy atom. The lowest BCUT2D eigenvalue weighted by atomic mass is 10.0. The highest BCUT2D eigenvalue weighted by Gasteiger charge is 2.44. The van der Waals surface area contributed by atoms with Gasteiger partial charge in [0.15, 0.2) is 17.2 Å². The number of hydrogen-bond acceptors (Lipinski definition) is 7. The second-order valence-electron chi connectivity index (χ2n) is 8.58. The summed E-state index contributed by atoms with van der Waals surface area (Å²) in [5.41, 5.74) is -0.381. The largest absolute Gasteiger partial charge is 0.586 e. The zero-order chi connectivity index (χ0) is 25.0. The van der Waals surface area contributed by atoms with Gasteiger partial charge in [-0.15, -0.1) is 8.78 Å². The van der Waals surface area contributed by atoms with E-state index in [0.717, 1.165) is 12.8 Å². The van der Waals surface area contributed by atoms with E-state index in [4.69, 9.17) is 11.6 Å². The average molecular weight is 531 g/mol. The third kappa shape index (κ3) is 4.81. The number of ether oxygens (including phenoxy) is 2. The molecule has 0 saturated carbocycles. The highest BCUT2D eigenvalue weighted by Crippen LogP contribution is 2.46. The number of phenolic OH excluding ortho intramolecular Hbond substituents is 1. The van der Waals surface area contributed by atoms with Crippen molar-refractivity contribution in [3.8, 4) is 17.2 Å². The van der Waals surface area contributed by atoms with Crippen LogP contribution in [0, 0.1) is 0 Å². The number of hydrogen-bond donors (Lipinski definition) is 5. The molecule has 2 aromatic carbocycles. The first-order chi connectivity index (χ1) is 16.5. The molecule has 2 bridgehead atoms. The number of phenols is 1. The van der Waals surface area contributed by atoms with E-state index in [1.54, 1.807) is 0 Å². The minimum Gasteiger partial charge on any atom is -0.504 e. The molecule has 0 spiro atoms. The number of anilines is 2. The van der Waals surface area contributed by atoms with Crippen LogP contribution in [0.5, 0.6) is 17.2 Å². The summed E-state index contributed by atoms with van der Waals surface area (Å²) in [4.78, 5) is 11.9. The van der Waals surface area contributed by atoms with Gasteiger partial charge in [-0.1, -0.05) is 17.7 Å². The van der Waals surface area contributed by atoms with Gasteiger partial charge in [-0.25, -0.2) is 17.9 Å². The van der Waals surface area contributed by atoms with Gasteiger partial charge in [-0.05, 0) is 49.9 Å². The molecule has 3 atom stereocenters. The molecule has 10 nitrogen and oxygen atoms in total. The maximum atomic E-state index is 13.4. The second kappa shape index (κ2) is 8.66. The van der Waals surface area contributed by atoms with Crippen molar-refractivity contribution in [2.45, 2.75) is 55.0 Å². The fraction of sp³-hybridized carbons (Fsp3) is 0.381. The number of carbonyl (C=O) groups is 1. The lowest BCUT2D eigenvalue weighted by Gasteiger charge is -2.29. The zero-order valence-electron chi connectivity index (χ0n) is 18.0. The van der Waals surface area contributed by atoms with Crippen molar-refractivity contribution in [2.24, 2.45) is 0 Å². The average Bonchev–Trinajstić information content (AvgIpc) is 3.27. The Labute approximate surface area is 204 Å². The van der Waals surface area contributed by atoms with Gasteiger partial charge in [0.05, 0.1) is 16.4 Å². The molecule has 2 saturated heterocycles. The maximum Gasteiger partial charge on any atom is 0.586 e. The van der Waals surface area contributed by atoms with Gasteiger partial charge in [0.1, 0.15) is 4.90 Å². The molecular weight excluding hydrogens is 510 g/mol. The molecule has 3 aliphatic rings. The number of carbonyl (C=O) groups excluding carboxylic acids is 1. The molecule has 188 valence electrons. The molecule has 2 aromatic rings. The van der Waals surface area contributed by atoms with Crippen molar-refractivity contribution in [1.29, 1.82) is 0 Å². The van der Waals surface area contributed by atoms with Crippen LogP contribution < -0.4 is 30.1 Å². The van der Waals surface area contributed by atoms with Crippen molar-refractivity contribution < 1.29 is 36.6 Å². The number of alkyl halides is 2. The minimum absolute atomic E-state index is 0.124. The monoisotopic (exact) mass is 530 g/mol. The summed E-state index contributed by atoms with van der Waals surface area (Å²) in [5.74, 6) is -1.41. The van der Waals surface area contributed by atoms with Crippen LogP contribution in [-0.2, 0) is 10.0 Å². The summed E-state index contributed by atoms with van der Waals surface area (Å²) >= 11 is 6.11. The van der Waals surface area contributed by atoms with E-state index in [1.807, 2.05) is 0 Å². The summed E-state index contributed by atoms with van der Waals surface area (Å²) in [7, 11) is -4.23. The lowest BCUT2D eigenvalue weighted by Crippen LogP contribution is -2.47. The van der Waals surface area contributed by atoms with Gasteiger partial charge < -0.3 is 30.5 Å². The van der Waals surface area contributed by atoms with E-state index >= 15 is 0 Å². The van der Waals surface area contributed by atoms with Gasteiger partial charge in [-0.2, -0.15) is 0 Å². The molecule has 5 N–H and O–H groups in total. The number of amides is 2. The molecule has 2 amide bonds. The van der Waals surface area contributed by atoms with Crippen LogP contribution in [0.4, 0.5) is 25.0 Å². The van der Waals surface area contributed by atoms with Crippen molar-refractivity contribution in [1.82, 2.24) is 10.0 Å². The predicted molar refractivity (Wildman–Crippen MR) is 122 cm³/mol. The zero-order valence-corrected chi connectivity index (χ0v) is 19.6. The van der Waals surface area contributed by atoms with Crippen LogP contribution in [0.3, 0.4) is 0 Å².